The molecule has 6 heteroatoms. The van der Waals surface area contributed by atoms with Gasteiger partial charge in [-0.25, -0.2) is 4.98 Å². The largest absolute Gasteiger partial charge is 0.347 e. The van der Waals surface area contributed by atoms with Crippen LogP contribution in [0.3, 0.4) is 0 Å². The fraction of sp³-hybridized carbons (Fsp3) is 0.500. The lowest BCUT2D eigenvalue weighted by atomic mass is 9.98. The van der Waals surface area contributed by atoms with Crippen molar-refractivity contribution < 1.29 is 0 Å². The number of fused-ring (bicyclic) bond motifs is 1. The van der Waals surface area contributed by atoms with Crippen LogP contribution in [-0.4, -0.2) is 19.1 Å². The molecule has 0 saturated heterocycles. The molecule has 0 radical (unpaired) electrons. The summed E-state index contributed by atoms with van der Waals surface area (Å²) in [5.74, 6) is 0. The molecule has 3 nitrogen and oxygen atoms in total. The van der Waals surface area contributed by atoms with Crippen molar-refractivity contribution in [2.24, 2.45) is 0 Å². The van der Waals surface area contributed by atoms with Crippen LogP contribution in [0.1, 0.15) is 35.0 Å². The van der Waals surface area contributed by atoms with Crippen molar-refractivity contribution in [3.8, 4) is 0 Å². The van der Waals surface area contributed by atoms with Gasteiger partial charge in [-0.3, -0.25) is 0 Å². The molecule has 0 aromatic carbocycles. The highest BCUT2D eigenvalue weighted by atomic mass is 79.9. The van der Waals surface area contributed by atoms with Crippen LogP contribution >= 0.6 is 38.6 Å². The molecule has 108 valence electrons. The Balaban J connectivity index is 1.78. The van der Waals surface area contributed by atoms with Crippen LogP contribution < -0.4 is 10.2 Å². The van der Waals surface area contributed by atoms with Gasteiger partial charge in [-0.2, -0.15) is 0 Å². The van der Waals surface area contributed by atoms with Crippen molar-refractivity contribution in [2.45, 2.75) is 31.8 Å². The molecule has 20 heavy (non-hydrogen) atoms. The van der Waals surface area contributed by atoms with E-state index in [1.54, 1.807) is 11.3 Å². The summed E-state index contributed by atoms with van der Waals surface area (Å²) in [6, 6.07) is 2.68. The fourth-order valence-electron chi connectivity index (χ4n) is 2.62. The van der Waals surface area contributed by atoms with E-state index in [4.69, 9.17) is 4.98 Å². The maximum Gasteiger partial charge on any atom is 0.185 e. The monoisotopic (exact) mass is 371 g/mol. The van der Waals surface area contributed by atoms with Crippen molar-refractivity contribution in [3.05, 3.63) is 31.4 Å². The van der Waals surface area contributed by atoms with Gasteiger partial charge >= 0.3 is 0 Å². The SMILES string of the molecule is CNC1CCCc2nc(N(C)Cc3csc(Br)c3)sc21. The van der Waals surface area contributed by atoms with Gasteiger partial charge < -0.3 is 10.2 Å². The number of thiophene rings is 1. The van der Waals surface area contributed by atoms with Crippen LogP contribution in [0.4, 0.5) is 5.13 Å². The summed E-state index contributed by atoms with van der Waals surface area (Å²) in [6.45, 7) is 0.915. The lowest BCUT2D eigenvalue weighted by molar-refractivity contribution is 0.501. The Bertz CT molecular complexity index is 593. The first kappa shape index (κ1) is 14.5. The maximum absolute atomic E-state index is 4.85. The normalized spacial score (nSPS) is 18.1. The van der Waals surface area contributed by atoms with E-state index in [0.29, 0.717) is 6.04 Å². The second kappa shape index (κ2) is 6.13. The smallest absolute Gasteiger partial charge is 0.185 e. The zero-order valence-electron chi connectivity index (χ0n) is 11.6. The second-order valence-corrected chi connectivity index (χ2v) is 8.46. The molecule has 2 heterocycles. The number of rotatable bonds is 4. The highest BCUT2D eigenvalue weighted by Crippen LogP contribution is 2.37. The summed E-state index contributed by atoms with van der Waals surface area (Å²) in [6.07, 6.45) is 3.59. The van der Waals surface area contributed by atoms with Crippen molar-refractivity contribution in [3.63, 3.8) is 0 Å². The predicted molar refractivity (Wildman–Crippen MR) is 91.0 cm³/mol. The first-order chi connectivity index (χ1) is 9.67. The molecule has 0 spiro atoms. The zero-order chi connectivity index (χ0) is 14.1. The number of nitrogens with zero attached hydrogens (tertiary/aromatic N) is 2. The maximum atomic E-state index is 4.85. The first-order valence-corrected chi connectivity index (χ1v) is 9.27. The third kappa shape index (κ3) is 2.93. The summed E-state index contributed by atoms with van der Waals surface area (Å²) in [5.41, 5.74) is 2.64. The van der Waals surface area contributed by atoms with Crippen LogP contribution in [0.15, 0.2) is 15.2 Å². The Morgan fingerprint density at radius 2 is 2.40 bits per heavy atom. The van der Waals surface area contributed by atoms with Crippen LogP contribution in [-0.2, 0) is 13.0 Å². The number of hydrogen-bond donors (Lipinski definition) is 1. The summed E-state index contributed by atoms with van der Waals surface area (Å²) in [7, 11) is 4.18. The predicted octanol–water partition coefficient (Wildman–Crippen LogP) is 4.20. The van der Waals surface area contributed by atoms with Gasteiger partial charge in [0, 0.05) is 24.5 Å². The molecule has 3 rings (SSSR count). The van der Waals surface area contributed by atoms with Gasteiger partial charge in [0.2, 0.25) is 0 Å². The molecule has 1 N–H and O–H groups in total. The van der Waals surface area contributed by atoms with E-state index in [1.807, 2.05) is 18.4 Å². The van der Waals surface area contributed by atoms with E-state index in [-0.39, 0.29) is 0 Å². The van der Waals surface area contributed by atoms with Gasteiger partial charge in [0.25, 0.3) is 0 Å². The summed E-state index contributed by atoms with van der Waals surface area (Å²) < 4.78 is 1.19. The zero-order valence-corrected chi connectivity index (χ0v) is 14.9. The topological polar surface area (TPSA) is 28.2 Å². The van der Waals surface area contributed by atoms with Crippen LogP contribution in [0.5, 0.6) is 0 Å². The minimum Gasteiger partial charge on any atom is -0.347 e. The summed E-state index contributed by atoms with van der Waals surface area (Å²) >= 11 is 7.10. The summed E-state index contributed by atoms with van der Waals surface area (Å²) in [5, 5.41) is 6.75. The molecule has 1 unspecified atom stereocenters. The average Bonchev–Trinajstić information content (AvgIpc) is 3.04. The molecule has 1 aliphatic carbocycles. The fourth-order valence-corrected chi connectivity index (χ4v) is 5.03. The van der Waals surface area contributed by atoms with Crippen molar-refractivity contribution in [1.29, 1.82) is 0 Å². The highest BCUT2D eigenvalue weighted by Gasteiger charge is 2.24. The number of hydrogen-bond acceptors (Lipinski definition) is 5. The highest BCUT2D eigenvalue weighted by molar-refractivity contribution is 9.11. The lowest BCUT2D eigenvalue weighted by Gasteiger charge is -2.19. The van der Waals surface area contributed by atoms with E-state index in [0.717, 1.165) is 18.1 Å². The van der Waals surface area contributed by atoms with E-state index < -0.39 is 0 Å². The Morgan fingerprint density at radius 1 is 1.55 bits per heavy atom. The number of halogens is 1. The first-order valence-electron chi connectivity index (χ1n) is 6.78. The van der Waals surface area contributed by atoms with E-state index in [9.17, 15) is 0 Å². The van der Waals surface area contributed by atoms with Gasteiger partial charge in [-0.1, -0.05) is 11.3 Å². The molecule has 2 aromatic heterocycles. The molecular weight excluding hydrogens is 354 g/mol. The molecule has 0 aliphatic heterocycles. The van der Waals surface area contributed by atoms with Gasteiger partial charge in [0.05, 0.1) is 9.48 Å². The van der Waals surface area contributed by atoms with E-state index >= 15 is 0 Å². The number of nitrogens with one attached hydrogen (secondary N) is 1. The minimum atomic E-state index is 0.494. The van der Waals surface area contributed by atoms with Gasteiger partial charge in [0.15, 0.2) is 5.13 Å². The number of aromatic nitrogens is 1. The minimum absolute atomic E-state index is 0.494. The van der Waals surface area contributed by atoms with E-state index in [2.05, 4.69) is 44.6 Å². The van der Waals surface area contributed by atoms with Crippen LogP contribution in [0.2, 0.25) is 0 Å². The van der Waals surface area contributed by atoms with E-state index in [1.165, 1.54) is 32.8 Å². The number of thiazole rings is 1. The molecule has 0 bridgehead atoms. The van der Waals surface area contributed by atoms with Gasteiger partial charge in [-0.15, -0.1) is 11.3 Å². The molecule has 1 atom stereocenters. The van der Waals surface area contributed by atoms with Gasteiger partial charge in [-0.05, 0) is 59.2 Å². The van der Waals surface area contributed by atoms with Crippen molar-refractivity contribution in [1.82, 2.24) is 10.3 Å². The standard InChI is InChI=1S/C14H18BrN3S2/c1-16-10-4-3-5-11-13(10)20-14(17-11)18(2)7-9-6-12(15)19-8-9/h6,8,10,16H,3-5,7H2,1-2H3. The Labute approximate surface area is 136 Å². The molecule has 0 saturated carbocycles. The number of aryl methyl sites for hydroxylation is 1. The quantitative estimate of drug-likeness (QED) is 0.872. The Kier molecular flexibility index (Phi) is 4.45. The van der Waals surface area contributed by atoms with Crippen molar-refractivity contribution in [2.75, 3.05) is 19.0 Å². The average molecular weight is 372 g/mol. The molecule has 1 aliphatic rings. The van der Waals surface area contributed by atoms with Crippen LogP contribution in [0.25, 0.3) is 0 Å². The number of anilines is 1. The van der Waals surface area contributed by atoms with Gasteiger partial charge in [0.1, 0.15) is 0 Å². The second-order valence-electron chi connectivity index (χ2n) is 5.16. The lowest BCUT2D eigenvalue weighted by Crippen LogP contribution is -2.19. The third-order valence-electron chi connectivity index (χ3n) is 3.66. The third-order valence-corrected chi connectivity index (χ3v) is 6.53. The summed E-state index contributed by atoms with van der Waals surface area (Å²) in [4.78, 5) is 8.54. The Morgan fingerprint density at radius 3 is 3.10 bits per heavy atom. The molecule has 0 fully saturated rings. The van der Waals surface area contributed by atoms with Crippen LogP contribution in [0, 0.1) is 0 Å². The molecular formula is C14H18BrN3S2. The van der Waals surface area contributed by atoms with Crippen molar-refractivity contribution >= 4 is 43.7 Å². The molecule has 2 aromatic rings. The Hall–Kier alpha value is -0.430. The molecule has 0 amide bonds.